The first-order chi connectivity index (χ1) is 13.8. The SMILES string of the molecule is O=C(Nc1nnc(C(F)(F)F)s1)c1nc(-c2cccs2)n(-c2ccc(F)cc2)n1. The lowest BCUT2D eigenvalue weighted by atomic mass is 10.3. The number of alkyl halides is 3. The quantitative estimate of drug-likeness (QED) is 0.480. The van der Waals surface area contributed by atoms with Crippen molar-refractivity contribution < 1.29 is 22.4 Å². The number of nitrogens with zero attached hydrogens (tertiary/aromatic N) is 5. The lowest BCUT2D eigenvalue weighted by Gasteiger charge is -2.03. The van der Waals surface area contributed by atoms with E-state index in [1.54, 1.807) is 17.5 Å². The molecule has 1 amide bonds. The smallest absolute Gasteiger partial charge is 0.294 e. The van der Waals surface area contributed by atoms with Crippen LogP contribution in [0.25, 0.3) is 16.4 Å². The summed E-state index contributed by atoms with van der Waals surface area (Å²) in [5, 5.41) is 12.9. The highest BCUT2D eigenvalue weighted by atomic mass is 32.1. The van der Waals surface area contributed by atoms with E-state index in [9.17, 15) is 22.4 Å². The van der Waals surface area contributed by atoms with Crippen LogP contribution in [0.4, 0.5) is 22.7 Å². The third-order valence-electron chi connectivity index (χ3n) is 3.51. The Morgan fingerprint density at radius 1 is 1.10 bits per heavy atom. The molecule has 0 radical (unpaired) electrons. The Bertz CT molecular complexity index is 1150. The summed E-state index contributed by atoms with van der Waals surface area (Å²) in [5.74, 6) is -1.26. The Balaban J connectivity index is 1.67. The number of carbonyl (C=O) groups excluding carboxylic acids is 1. The standard InChI is InChI=1S/C16H8F4N6OS2/c17-8-3-5-9(6-4-8)26-12(10-2-1-7-28-10)21-11(25-26)13(27)22-15-24-23-14(29-15)16(18,19)20/h1-7H,(H,22,24,27). The molecule has 0 bridgehead atoms. The topological polar surface area (TPSA) is 85.6 Å². The number of aromatic nitrogens is 5. The van der Waals surface area contributed by atoms with Gasteiger partial charge < -0.3 is 0 Å². The van der Waals surface area contributed by atoms with Crippen LogP contribution in [0.15, 0.2) is 41.8 Å². The Morgan fingerprint density at radius 2 is 1.86 bits per heavy atom. The summed E-state index contributed by atoms with van der Waals surface area (Å²) in [6.07, 6.45) is -4.66. The number of amides is 1. The molecule has 1 N–H and O–H groups in total. The summed E-state index contributed by atoms with van der Waals surface area (Å²) >= 11 is 1.54. The van der Waals surface area contributed by atoms with E-state index in [4.69, 9.17) is 0 Å². The summed E-state index contributed by atoms with van der Waals surface area (Å²) in [6.45, 7) is 0. The molecule has 0 fully saturated rings. The number of nitrogens with one attached hydrogen (secondary N) is 1. The average Bonchev–Trinajstić information content (AvgIpc) is 3.41. The van der Waals surface area contributed by atoms with Gasteiger partial charge in [0.05, 0.1) is 10.6 Å². The lowest BCUT2D eigenvalue weighted by Crippen LogP contribution is -2.14. The highest BCUT2D eigenvalue weighted by molar-refractivity contribution is 7.15. The second-order valence-corrected chi connectivity index (χ2v) is 7.41. The van der Waals surface area contributed by atoms with Crippen LogP contribution in [0.1, 0.15) is 15.6 Å². The third-order valence-corrected chi connectivity index (χ3v) is 5.26. The summed E-state index contributed by atoms with van der Waals surface area (Å²) in [5.41, 5.74) is 0.455. The predicted molar refractivity (Wildman–Crippen MR) is 97.5 cm³/mol. The van der Waals surface area contributed by atoms with Crippen LogP contribution >= 0.6 is 22.7 Å². The van der Waals surface area contributed by atoms with Crippen molar-refractivity contribution in [2.24, 2.45) is 0 Å². The second-order valence-electron chi connectivity index (χ2n) is 5.49. The number of rotatable bonds is 4. The van der Waals surface area contributed by atoms with Gasteiger partial charge in [-0.1, -0.05) is 17.4 Å². The zero-order valence-electron chi connectivity index (χ0n) is 14.0. The molecule has 4 aromatic rings. The number of halogens is 4. The van der Waals surface area contributed by atoms with E-state index >= 15 is 0 Å². The first-order valence-electron chi connectivity index (χ1n) is 7.80. The molecule has 3 heterocycles. The van der Waals surface area contributed by atoms with Crippen LogP contribution in [0.2, 0.25) is 0 Å². The van der Waals surface area contributed by atoms with Crippen molar-refractivity contribution in [2.75, 3.05) is 5.32 Å². The third kappa shape index (κ3) is 4.00. The van der Waals surface area contributed by atoms with Crippen LogP contribution in [0.3, 0.4) is 0 Å². The van der Waals surface area contributed by atoms with Crippen molar-refractivity contribution in [3.8, 4) is 16.4 Å². The molecule has 0 aliphatic heterocycles. The van der Waals surface area contributed by atoms with Gasteiger partial charge in [-0.2, -0.15) is 13.2 Å². The van der Waals surface area contributed by atoms with E-state index in [0.717, 1.165) is 0 Å². The van der Waals surface area contributed by atoms with Crippen LogP contribution < -0.4 is 5.32 Å². The first kappa shape index (κ1) is 19.1. The Hall–Kier alpha value is -3.19. The van der Waals surface area contributed by atoms with E-state index in [-0.39, 0.29) is 22.3 Å². The van der Waals surface area contributed by atoms with Crippen molar-refractivity contribution in [1.29, 1.82) is 0 Å². The summed E-state index contributed by atoms with van der Waals surface area (Å²) in [7, 11) is 0. The predicted octanol–water partition coefficient (Wildman–Crippen LogP) is 4.26. The molecule has 0 saturated heterocycles. The van der Waals surface area contributed by atoms with Crippen molar-refractivity contribution in [3.05, 3.63) is 58.4 Å². The van der Waals surface area contributed by atoms with Crippen LogP contribution in [-0.4, -0.2) is 30.9 Å². The monoisotopic (exact) mass is 440 g/mol. The fraction of sp³-hybridized carbons (Fsp3) is 0.0625. The second kappa shape index (κ2) is 7.33. The Kier molecular flexibility index (Phi) is 4.84. The minimum atomic E-state index is -4.66. The van der Waals surface area contributed by atoms with Gasteiger partial charge >= 0.3 is 6.18 Å². The molecule has 13 heteroatoms. The number of carbonyl (C=O) groups is 1. The number of hydrogen-bond acceptors (Lipinski definition) is 7. The normalized spacial score (nSPS) is 11.6. The number of benzene rings is 1. The van der Waals surface area contributed by atoms with E-state index in [1.165, 1.54) is 40.3 Å². The lowest BCUT2D eigenvalue weighted by molar-refractivity contribution is -0.138. The van der Waals surface area contributed by atoms with Crippen LogP contribution in [-0.2, 0) is 6.18 Å². The summed E-state index contributed by atoms with van der Waals surface area (Å²) in [6, 6.07) is 8.93. The molecule has 148 valence electrons. The Morgan fingerprint density at radius 3 is 2.48 bits per heavy atom. The molecule has 0 saturated carbocycles. The maximum Gasteiger partial charge on any atom is 0.445 e. The van der Waals surface area contributed by atoms with Gasteiger partial charge in [-0.15, -0.1) is 26.6 Å². The minimum absolute atomic E-state index is 0.188. The highest BCUT2D eigenvalue weighted by Gasteiger charge is 2.36. The molecule has 0 aliphatic rings. The zero-order valence-corrected chi connectivity index (χ0v) is 15.6. The van der Waals surface area contributed by atoms with Gasteiger partial charge in [-0.05, 0) is 35.7 Å². The van der Waals surface area contributed by atoms with Crippen LogP contribution in [0.5, 0.6) is 0 Å². The van der Waals surface area contributed by atoms with Gasteiger partial charge in [0.25, 0.3) is 5.91 Å². The summed E-state index contributed by atoms with van der Waals surface area (Å²) < 4.78 is 52.5. The molecule has 0 atom stereocenters. The molecule has 0 aliphatic carbocycles. The van der Waals surface area contributed by atoms with Crippen molar-refractivity contribution in [2.45, 2.75) is 6.18 Å². The van der Waals surface area contributed by atoms with E-state index in [1.807, 2.05) is 0 Å². The molecule has 0 unspecified atom stereocenters. The fourth-order valence-electron chi connectivity index (χ4n) is 2.28. The van der Waals surface area contributed by atoms with Crippen molar-refractivity contribution >= 4 is 33.7 Å². The maximum atomic E-state index is 13.2. The van der Waals surface area contributed by atoms with E-state index in [0.29, 0.717) is 16.4 Å². The van der Waals surface area contributed by atoms with Gasteiger partial charge in [-0.25, -0.2) is 14.1 Å². The van der Waals surface area contributed by atoms with E-state index in [2.05, 4.69) is 25.6 Å². The first-order valence-corrected chi connectivity index (χ1v) is 9.50. The molecule has 29 heavy (non-hydrogen) atoms. The average molecular weight is 440 g/mol. The van der Waals surface area contributed by atoms with Gasteiger partial charge in [0.1, 0.15) is 5.82 Å². The minimum Gasteiger partial charge on any atom is -0.294 e. The van der Waals surface area contributed by atoms with Crippen LogP contribution in [0, 0.1) is 5.82 Å². The van der Waals surface area contributed by atoms with E-state index < -0.39 is 22.9 Å². The van der Waals surface area contributed by atoms with Crippen molar-refractivity contribution in [3.63, 3.8) is 0 Å². The number of hydrogen-bond donors (Lipinski definition) is 1. The fourth-order valence-corrected chi connectivity index (χ4v) is 3.58. The van der Waals surface area contributed by atoms with Crippen molar-refractivity contribution in [1.82, 2.24) is 25.0 Å². The molecule has 1 aromatic carbocycles. The molecule has 4 rings (SSSR count). The summed E-state index contributed by atoms with van der Waals surface area (Å²) in [4.78, 5) is 17.3. The highest BCUT2D eigenvalue weighted by Crippen LogP contribution is 2.33. The molecule has 7 nitrogen and oxygen atoms in total. The van der Waals surface area contributed by atoms with Gasteiger partial charge in [0.15, 0.2) is 5.82 Å². The maximum absolute atomic E-state index is 13.2. The molecular weight excluding hydrogens is 432 g/mol. The van der Waals surface area contributed by atoms with Gasteiger partial charge in [-0.3, -0.25) is 10.1 Å². The van der Waals surface area contributed by atoms with Gasteiger partial charge in [0, 0.05) is 0 Å². The molecular formula is C16H8F4N6OS2. The Labute approximate surface area is 167 Å². The number of thiophene rings is 1. The molecule has 3 aromatic heterocycles. The molecule has 0 spiro atoms. The number of anilines is 1. The largest absolute Gasteiger partial charge is 0.445 e. The van der Waals surface area contributed by atoms with Gasteiger partial charge in [0.2, 0.25) is 16.0 Å². The zero-order chi connectivity index (χ0) is 20.6.